The Morgan fingerprint density at radius 2 is 2.12 bits per heavy atom. The first-order valence-electron chi connectivity index (χ1n) is 4.54. The number of carbonyl (C=O) groups is 2. The maximum Gasteiger partial charge on any atom is 0.347 e. The van der Waals surface area contributed by atoms with Crippen LogP contribution in [-0.4, -0.2) is 23.0 Å². The molecule has 4 nitrogen and oxygen atoms in total. The third-order valence-electron chi connectivity index (χ3n) is 1.98. The standard InChI is InChI=1S/C11H11ClO4/c1-11(2,10(14)15)16-9-5-8(12)4-3-7(9)6-13/h3-6H,1-2H3,(H,14,15). The number of ether oxygens (including phenoxy) is 1. The van der Waals surface area contributed by atoms with E-state index >= 15 is 0 Å². The second-order valence-electron chi connectivity index (χ2n) is 3.72. The van der Waals surface area contributed by atoms with E-state index in [0.29, 0.717) is 11.3 Å². The Morgan fingerprint density at radius 1 is 1.50 bits per heavy atom. The number of carbonyl (C=O) groups excluding carboxylic acids is 1. The zero-order valence-corrected chi connectivity index (χ0v) is 9.62. The van der Waals surface area contributed by atoms with E-state index in [9.17, 15) is 9.59 Å². The molecule has 0 aliphatic heterocycles. The van der Waals surface area contributed by atoms with Gasteiger partial charge in [-0.05, 0) is 32.0 Å². The van der Waals surface area contributed by atoms with Crippen LogP contribution in [0.3, 0.4) is 0 Å². The van der Waals surface area contributed by atoms with E-state index in [0.717, 1.165) is 0 Å². The van der Waals surface area contributed by atoms with Crippen LogP contribution in [0.4, 0.5) is 0 Å². The lowest BCUT2D eigenvalue weighted by Crippen LogP contribution is -2.38. The number of carboxylic acid groups (broad SMARTS) is 1. The zero-order chi connectivity index (χ0) is 12.3. The van der Waals surface area contributed by atoms with Gasteiger partial charge < -0.3 is 9.84 Å². The molecule has 0 aliphatic carbocycles. The molecule has 0 spiro atoms. The molecule has 0 heterocycles. The highest BCUT2D eigenvalue weighted by Crippen LogP contribution is 2.26. The number of hydrogen-bond donors (Lipinski definition) is 1. The fourth-order valence-electron chi connectivity index (χ4n) is 1.01. The highest BCUT2D eigenvalue weighted by molar-refractivity contribution is 6.30. The summed E-state index contributed by atoms with van der Waals surface area (Å²) in [6, 6.07) is 4.42. The zero-order valence-electron chi connectivity index (χ0n) is 8.86. The number of aliphatic carboxylic acids is 1. The van der Waals surface area contributed by atoms with Gasteiger partial charge in [0.1, 0.15) is 5.75 Å². The summed E-state index contributed by atoms with van der Waals surface area (Å²) in [7, 11) is 0. The third-order valence-corrected chi connectivity index (χ3v) is 2.22. The second-order valence-corrected chi connectivity index (χ2v) is 4.15. The van der Waals surface area contributed by atoms with Gasteiger partial charge >= 0.3 is 5.97 Å². The number of aldehydes is 1. The van der Waals surface area contributed by atoms with Crippen LogP contribution in [0.5, 0.6) is 5.75 Å². The van der Waals surface area contributed by atoms with Crippen molar-refractivity contribution in [3.63, 3.8) is 0 Å². The molecule has 0 unspecified atom stereocenters. The second kappa shape index (κ2) is 4.53. The van der Waals surface area contributed by atoms with Crippen molar-refractivity contribution in [1.29, 1.82) is 0 Å². The quantitative estimate of drug-likeness (QED) is 0.824. The maximum atomic E-state index is 10.9. The van der Waals surface area contributed by atoms with Crippen LogP contribution in [0, 0.1) is 0 Å². The molecule has 1 aromatic rings. The average Bonchev–Trinajstić information content (AvgIpc) is 2.17. The highest BCUT2D eigenvalue weighted by atomic mass is 35.5. The summed E-state index contributed by atoms with van der Waals surface area (Å²) in [5.41, 5.74) is -1.15. The smallest absolute Gasteiger partial charge is 0.347 e. The predicted octanol–water partition coefficient (Wildman–Crippen LogP) is 2.39. The lowest BCUT2D eigenvalue weighted by molar-refractivity contribution is -0.152. The molecular formula is C11H11ClO4. The molecule has 0 fully saturated rings. The molecule has 0 aromatic heterocycles. The summed E-state index contributed by atoms with van der Waals surface area (Å²) in [6.07, 6.45) is 0.587. The fourth-order valence-corrected chi connectivity index (χ4v) is 1.17. The predicted molar refractivity (Wildman–Crippen MR) is 59.2 cm³/mol. The van der Waals surface area contributed by atoms with Gasteiger partial charge in [-0.2, -0.15) is 0 Å². The van der Waals surface area contributed by atoms with E-state index in [1.54, 1.807) is 0 Å². The minimum Gasteiger partial charge on any atom is -0.478 e. The van der Waals surface area contributed by atoms with E-state index in [-0.39, 0.29) is 11.3 Å². The average molecular weight is 243 g/mol. The molecule has 0 aliphatic rings. The SMILES string of the molecule is CC(C)(Oc1cc(Cl)ccc1C=O)C(=O)O. The van der Waals surface area contributed by atoms with Gasteiger partial charge in [0.05, 0.1) is 5.56 Å². The molecule has 1 N–H and O–H groups in total. The lowest BCUT2D eigenvalue weighted by Gasteiger charge is -2.22. The Kier molecular flexibility index (Phi) is 3.55. The van der Waals surface area contributed by atoms with Crippen molar-refractivity contribution in [2.45, 2.75) is 19.4 Å². The highest BCUT2D eigenvalue weighted by Gasteiger charge is 2.30. The summed E-state index contributed by atoms with van der Waals surface area (Å²) in [5.74, 6) is -0.959. The van der Waals surface area contributed by atoms with Crippen LogP contribution >= 0.6 is 11.6 Å². The van der Waals surface area contributed by atoms with E-state index < -0.39 is 11.6 Å². The Labute approximate surface area is 97.8 Å². The maximum absolute atomic E-state index is 10.9. The summed E-state index contributed by atoms with van der Waals surface area (Å²) >= 11 is 5.74. The lowest BCUT2D eigenvalue weighted by atomic mass is 10.1. The van der Waals surface area contributed by atoms with Crippen LogP contribution in [0.1, 0.15) is 24.2 Å². The molecule has 0 amide bonds. The summed E-state index contributed by atoms with van der Waals surface area (Å²) < 4.78 is 5.25. The Morgan fingerprint density at radius 3 is 2.62 bits per heavy atom. The monoisotopic (exact) mass is 242 g/mol. The summed E-state index contributed by atoms with van der Waals surface area (Å²) in [4.78, 5) is 21.6. The summed E-state index contributed by atoms with van der Waals surface area (Å²) in [5, 5.41) is 9.27. The first-order valence-corrected chi connectivity index (χ1v) is 4.92. The van der Waals surface area contributed by atoms with Gasteiger partial charge in [0, 0.05) is 5.02 Å². The molecule has 1 rings (SSSR count). The van der Waals surface area contributed by atoms with E-state index in [1.807, 2.05) is 0 Å². The van der Waals surface area contributed by atoms with Crippen molar-refractivity contribution >= 4 is 23.9 Å². The van der Waals surface area contributed by atoms with Crippen LogP contribution in [0.2, 0.25) is 5.02 Å². The Hall–Kier alpha value is -1.55. The van der Waals surface area contributed by atoms with Gasteiger partial charge in [-0.1, -0.05) is 11.6 Å². The third kappa shape index (κ3) is 2.73. The van der Waals surface area contributed by atoms with Crippen LogP contribution in [-0.2, 0) is 4.79 Å². The molecule has 16 heavy (non-hydrogen) atoms. The largest absolute Gasteiger partial charge is 0.478 e. The first-order chi connectivity index (χ1) is 7.36. The van der Waals surface area contributed by atoms with E-state index in [1.165, 1.54) is 32.0 Å². The molecule has 86 valence electrons. The molecular weight excluding hydrogens is 232 g/mol. The molecule has 0 bridgehead atoms. The van der Waals surface area contributed by atoms with Gasteiger partial charge in [-0.15, -0.1) is 0 Å². The number of rotatable bonds is 4. The molecule has 0 atom stereocenters. The van der Waals surface area contributed by atoms with Gasteiger partial charge in [0.2, 0.25) is 0 Å². The van der Waals surface area contributed by atoms with Gasteiger partial charge in [0.15, 0.2) is 11.9 Å². The number of hydrogen-bond acceptors (Lipinski definition) is 3. The van der Waals surface area contributed by atoms with Crippen LogP contribution in [0.25, 0.3) is 0 Å². The normalized spacial score (nSPS) is 10.9. The topological polar surface area (TPSA) is 63.6 Å². The number of carboxylic acids is 1. The Balaban J connectivity index is 3.09. The summed E-state index contributed by atoms with van der Waals surface area (Å²) in [6.45, 7) is 2.79. The van der Waals surface area contributed by atoms with Gasteiger partial charge in [-0.3, -0.25) is 4.79 Å². The van der Waals surface area contributed by atoms with E-state index in [4.69, 9.17) is 21.4 Å². The van der Waals surface area contributed by atoms with Crippen LogP contribution < -0.4 is 4.74 Å². The molecule has 0 saturated heterocycles. The number of benzene rings is 1. The van der Waals surface area contributed by atoms with Crippen molar-refractivity contribution < 1.29 is 19.4 Å². The first kappa shape index (κ1) is 12.5. The van der Waals surface area contributed by atoms with Crippen molar-refractivity contribution in [2.24, 2.45) is 0 Å². The van der Waals surface area contributed by atoms with Gasteiger partial charge in [0.25, 0.3) is 0 Å². The van der Waals surface area contributed by atoms with Crippen molar-refractivity contribution in [3.05, 3.63) is 28.8 Å². The van der Waals surface area contributed by atoms with Crippen LogP contribution in [0.15, 0.2) is 18.2 Å². The minimum atomic E-state index is -1.41. The Bertz CT molecular complexity index is 426. The van der Waals surface area contributed by atoms with Crippen molar-refractivity contribution in [1.82, 2.24) is 0 Å². The molecule has 5 heteroatoms. The molecule has 1 aromatic carbocycles. The van der Waals surface area contributed by atoms with Crippen molar-refractivity contribution in [2.75, 3.05) is 0 Å². The number of halogens is 1. The molecule has 0 saturated carbocycles. The minimum absolute atomic E-state index is 0.162. The van der Waals surface area contributed by atoms with E-state index in [2.05, 4.69) is 0 Å². The fraction of sp³-hybridized carbons (Fsp3) is 0.273. The van der Waals surface area contributed by atoms with Gasteiger partial charge in [-0.25, -0.2) is 4.79 Å². The molecule has 0 radical (unpaired) electrons. The van der Waals surface area contributed by atoms with Crippen molar-refractivity contribution in [3.8, 4) is 5.75 Å².